The van der Waals surface area contributed by atoms with Gasteiger partial charge in [0, 0.05) is 38.9 Å². The summed E-state index contributed by atoms with van der Waals surface area (Å²) >= 11 is 0. The predicted octanol–water partition coefficient (Wildman–Crippen LogP) is 4.60. The summed E-state index contributed by atoms with van der Waals surface area (Å²) in [4.78, 5) is 0. The first-order chi connectivity index (χ1) is 16.5. The molecule has 188 valence electrons. The monoisotopic (exact) mass is 472 g/mol. The quantitative estimate of drug-likeness (QED) is 0.425. The topological polar surface area (TPSA) is 55.4 Å². The molecule has 0 radical (unpaired) electrons. The van der Waals surface area contributed by atoms with Crippen LogP contribution in [0.3, 0.4) is 0 Å². The van der Waals surface area contributed by atoms with Gasteiger partial charge in [0.25, 0.3) is 0 Å². The zero-order chi connectivity index (χ0) is 24.7. The maximum Gasteiger partial charge on any atom is 0.164 e. The van der Waals surface area contributed by atoms with Gasteiger partial charge in [0.1, 0.15) is 5.75 Å². The molecule has 34 heavy (non-hydrogen) atoms. The molecule has 0 N–H and O–H groups in total. The summed E-state index contributed by atoms with van der Waals surface area (Å²) in [6.45, 7) is 4.39. The molecule has 0 aliphatic heterocycles. The van der Waals surface area contributed by atoms with E-state index in [1.165, 1.54) is 27.8 Å². The number of ether oxygens (including phenoxy) is 6. The van der Waals surface area contributed by atoms with E-state index in [1.54, 1.807) is 42.7 Å². The van der Waals surface area contributed by atoms with Gasteiger partial charge in [-0.3, -0.25) is 0 Å². The third-order valence-electron chi connectivity index (χ3n) is 6.96. The Hall–Kier alpha value is -2.28. The van der Waals surface area contributed by atoms with E-state index in [0.717, 1.165) is 37.0 Å². The molecule has 2 atom stereocenters. The van der Waals surface area contributed by atoms with E-state index in [2.05, 4.69) is 19.1 Å². The highest BCUT2D eigenvalue weighted by atomic mass is 16.5. The second-order valence-corrected chi connectivity index (χ2v) is 8.90. The molecule has 6 nitrogen and oxygen atoms in total. The molecule has 2 unspecified atom stereocenters. The van der Waals surface area contributed by atoms with Crippen molar-refractivity contribution >= 4 is 0 Å². The number of rotatable bonds is 13. The summed E-state index contributed by atoms with van der Waals surface area (Å²) in [5, 5.41) is 0. The van der Waals surface area contributed by atoms with Crippen LogP contribution in [-0.2, 0) is 39.9 Å². The highest BCUT2D eigenvalue weighted by Crippen LogP contribution is 2.51. The second kappa shape index (κ2) is 12.4. The Morgan fingerprint density at radius 1 is 0.676 bits per heavy atom. The fourth-order valence-corrected chi connectivity index (χ4v) is 5.38. The molecule has 0 spiro atoms. The average Bonchev–Trinajstić information content (AvgIpc) is 3.20. The summed E-state index contributed by atoms with van der Waals surface area (Å²) in [6.07, 6.45) is 3.64. The molecule has 0 amide bonds. The van der Waals surface area contributed by atoms with Crippen molar-refractivity contribution in [2.75, 3.05) is 62.5 Å². The van der Waals surface area contributed by atoms with Crippen molar-refractivity contribution in [2.24, 2.45) is 5.92 Å². The molecule has 0 bridgehead atoms. The van der Waals surface area contributed by atoms with E-state index in [4.69, 9.17) is 28.4 Å². The zero-order valence-corrected chi connectivity index (χ0v) is 21.8. The molecule has 3 rings (SSSR count). The lowest BCUT2D eigenvalue weighted by atomic mass is 9.81. The third kappa shape index (κ3) is 5.35. The van der Waals surface area contributed by atoms with Crippen LogP contribution in [0.4, 0.5) is 0 Å². The maximum atomic E-state index is 5.87. The van der Waals surface area contributed by atoms with Crippen molar-refractivity contribution in [3.05, 3.63) is 51.6 Å². The van der Waals surface area contributed by atoms with Gasteiger partial charge in [-0.2, -0.15) is 0 Å². The van der Waals surface area contributed by atoms with E-state index in [1.807, 2.05) is 6.07 Å². The van der Waals surface area contributed by atoms with Crippen LogP contribution in [0, 0.1) is 5.92 Å². The summed E-state index contributed by atoms with van der Waals surface area (Å²) in [6, 6.07) is 6.40. The Labute approximate surface area is 204 Å². The molecule has 0 fully saturated rings. The molecule has 6 heteroatoms. The van der Waals surface area contributed by atoms with E-state index in [-0.39, 0.29) is 5.92 Å². The molecule has 0 heterocycles. The number of hydrogen-bond donors (Lipinski definition) is 0. The fraction of sp³-hybridized carbons (Fsp3) is 0.571. The molecular weight excluding hydrogens is 432 g/mol. The Bertz CT molecular complexity index is 955. The Balaban J connectivity index is 2.26. The lowest BCUT2D eigenvalue weighted by molar-refractivity contribution is 0.197. The third-order valence-corrected chi connectivity index (χ3v) is 6.96. The number of fused-ring (bicyclic) bond motifs is 1. The van der Waals surface area contributed by atoms with Crippen molar-refractivity contribution in [3.63, 3.8) is 0 Å². The van der Waals surface area contributed by atoms with Crippen LogP contribution < -0.4 is 14.2 Å². The Morgan fingerprint density at radius 2 is 1.24 bits per heavy atom. The minimum absolute atomic E-state index is 0.181. The number of methoxy groups -OCH3 is 6. The minimum Gasteiger partial charge on any atom is -0.496 e. The molecule has 1 aliphatic rings. The standard InChI is InChI=1S/C28H40O6/c1-18-14-22-20(9-12-30-3)15-19(8-11-29-2)21(10-13-31-4)28(22)27(18)23-16-25(33-6)26(34-7)17-24(23)32-5/h15-18,27H,8-14H2,1-7H3. The fourth-order valence-electron chi connectivity index (χ4n) is 5.38. The van der Waals surface area contributed by atoms with Gasteiger partial charge in [-0.25, -0.2) is 0 Å². The van der Waals surface area contributed by atoms with Gasteiger partial charge in [-0.05, 0) is 65.5 Å². The van der Waals surface area contributed by atoms with Gasteiger partial charge in [0.05, 0.1) is 41.2 Å². The van der Waals surface area contributed by atoms with E-state index in [0.29, 0.717) is 37.2 Å². The van der Waals surface area contributed by atoms with Gasteiger partial charge in [-0.15, -0.1) is 0 Å². The van der Waals surface area contributed by atoms with Crippen LogP contribution in [0.15, 0.2) is 18.2 Å². The largest absolute Gasteiger partial charge is 0.496 e. The summed E-state index contributed by atoms with van der Waals surface area (Å²) < 4.78 is 33.5. The van der Waals surface area contributed by atoms with Crippen molar-refractivity contribution in [3.8, 4) is 17.2 Å². The lowest BCUT2D eigenvalue weighted by Gasteiger charge is -2.26. The summed E-state index contributed by atoms with van der Waals surface area (Å²) in [5.41, 5.74) is 8.07. The first kappa shape index (κ1) is 26.3. The average molecular weight is 473 g/mol. The molecule has 2 aromatic rings. The Kier molecular flexibility index (Phi) is 9.63. The lowest BCUT2D eigenvalue weighted by Crippen LogP contribution is -2.14. The van der Waals surface area contributed by atoms with Crippen LogP contribution in [0.2, 0.25) is 0 Å². The van der Waals surface area contributed by atoms with E-state index < -0.39 is 0 Å². The van der Waals surface area contributed by atoms with Crippen LogP contribution in [0.5, 0.6) is 17.2 Å². The van der Waals surface area contributed by atoms with Crippen molar-refractivity contribution in [2.45, 2.75) is 38.5 Å². The van der Waals surface area contributed by atoms with Gasteiger partial charge < -0.3 is 28.4 Å². The van der Waals surface area contributed by atoms with Gasteiger partial charge >= 0.3 is 0 Å². The maximum absolute atomic E-state index is 5.87. The van der Waals surface area contributed by atoms with Gasteiger partial charge in [0.15, 0.2) is 11.5 Å². The second-order valence-electron chi connectivity index (χ2n) is 8.90. The van der Waals surface area contributed by atoms with Crippen molar-refractivity contribution < 1.29 is 28.4 Å². The molecular formula is C28H40O6. The first-order valence-corrected chi connectivity index (χ1v) is 12.0. The van der Waals surface area contributed by atoms with Crippen LogP contribution in [0.25, 0.3) is 0 Å². The van der Waals surface area contributed by atoms with Crippen LogP contribution >= 0.6 is 0 Å². The van der Waals surface area contributed by atoms with E-state index in [9.17, 15) is 0 Å². The highest BCUT2D eigenvalue weighted by Gasteiger charge is 2.37. The smallest absolute Gasteiger partial charge is 0.164 e. The summed E-state index contributed by atoms with van der Waals surface area (Å²) in [7, 11) is 10.3. The van der Waals surface area contributed by atoms with Crippen molar-refractivity contribution in [1.29, 1.82) is 0 Å². The molecule has 2 aromatic carbocycles. The van der Waals surface area contributed by atoms with Gasteiger partial charge in [-0.1, -0.05) is 13.0 Å². The number of hydrogen-bond acceptors (Lipinski definition) is 6. The van der Waals surface area contributed by atoms with Crippen molar-refractivity contribution in [1.82, 2.24) is 0 Å². The first-order valence-electron chi connectivity index (χ1n) is 12.0. The van der Waals surface area contributed by atoms with Gasteiger partial charge in [0.2, 0.25) is 0 Å². The zero-order valence-electron chi connectivity index (χ0n) is 21.8. The minimum atomic E-state index is 0.181. The van der Waals surface area contributed by atoms with E-state index >= 15 is 0 Å². The molecule has 0 saturated carbocycles. The summed E-state index contributed by atoms with van der Waals surface area (Å²) in [5.74, 6) is 2.79. The molecule has 1 aliphatic carbocycles. The molecule has 0 aromatic heterocycles. The molecule has 0 saturated heterocycles. The normalized spacial score (nSPS) is 17.0. The predicted molar refractivity (Wildman–Crippen MR) is 134 cm³/mol. The van der Waals surface area contributed by atoms with Crippen LogP contribution in [0.1, 0.15) is 46.2 Å². The highest BCUT2D eigenvalue weighted by molar-refractivity contribution is 5.60. The Morgan fingerprint density at radius 3 is 1.82 bits per heavy atom. The SMILES string of the molecule is COCCc1cc(CCOC)c2c(c1CCOC)C(c1cc(OC)c(OC)cc1OC)C(C)C2. The van der Waals surface area contributed by atoms with Crippen LogP contribution in [-0.4, -0.2) is 62.5 Å². The number of benzene rings is 2.